The Balaban J connectivity index is 0.00000210. The highest BCUT2D eigenvalue weighted by Gasteiger charge is 2.44. The molecule has 1 unspecified atom stereocenters. The molecule has 2 aliphatic carbocycles. The van der Waals surface area contributed by atoms with Crippen molar-refractivity contribution < 1.29 is 0 Å². The average Bonchev–Trinajstić information content (AvgIpc) is 2.92. The number of aryl methyl sites for hydroxylation is 2. The third kappa shape index (κ3) is 3.28. The van der Waals surface area contributed by atoms with E-state index in [0.29, 0.717) is 0 Å². The Bertz CT molecular complexity index is 839. The van der Waals surface area contributed by atoms with Gasteiger partial charge in [0.25, 0.3) is 0 Å². The molecule has 4 rings (SSSR count). The molecule has 0 N–H and O–H groups in total. The summed E-state index contributed by atoms with van der Waals surface area (Å²) in [7, 11) is 0. The summed E-state index contributed by atoms with van der Waals surface area (Å²) >= 11 is 0. The van der Waals surface area contributed by atoms with E-state index in [1.807, 2.05) is 0 Å². The molecule has 0 heteroatoms. The zero-order valence-corrected chi connectivity index (χ0v) is 16.7. The van der Waals surface area contributed by atoms with Crippen LogP contribution in [0.1, 0.15) is 93.5 Å². The van der Waals surface area contributed by atoms with Crippen LogP contribution in [0, 0.1) is 13.8 Å². The van der Waals surface area contributed by atoms with E-state index in [4.69, 9.17) is 0 Å². The number of unbranched alkanes of at least 4 members (excludes halogenated alkanes) is 5. The summed E-state index contributed by atoms with van der Waals surface area (Å²) in [4.78, 5) is 0. The van der Waals surface area contributed by atoms with E-state index in [1.54, 1.807) is 11.1 Å². The van der Waals surface area contributed by atoms with Gasteiger partial charge in [-0.25, -0.2) is 0 Å². The van der Waals surface area contributed by atoms with Gasteiger partial charge in [-0.15, -0.1) is 0 Å². The molecule has 0 aliphatic heterocycles. The molecule has 0 bridgehead atoms. The molecule has 0 saturated carbocycles. The Kier molecular flexibility index (Phi) is 5.94. The van der Waals surface area contributed by atoms with Crippen LogP contribution < -0.4 is 0 Å². The van der Waals surface area contributed by atoms with Gasteiger partial charge in [0.05, 0.1) is 0 Å². The minimum Gasteiger partial charge on any atom is -0.0827 e. The molecular weight excluding hydrogens is 324 g/mol. The van der Waals surface area contributed by atoms with Gasteiger partial charge in [-0.3, -0.25) is 0 Å². The third-order valence-electron chi connectivity index (χ3n) is 6.63. The monoisotopic (exact) mass is 360 g/mol. The fourth-order valence-corrected chi connectivity index (χ4v) is 5.26. The van der Waals surface area contributed by atoms with E-state index in [9.17, 15) is 0 Å². The molecule has 0 radical (unpaired) electrons. The number of rotatable bonds is 7. The largest absolute Gasteiger partial charge is 0.0827 e. The van der Waals surface area contributed by atoms with Crippen molar-refractivity contribution in [2.24, 2.45) is 0 Å². The maximum Gasteiger partial charge on any atom is 0.0255 e. The van der Waals surface area contributed by atoms with E-state index in [-0.39, 0.29) is 12.8 Å². The second kappa shape index (κ2) is 8.05. The van der Waals surface area contributed by atoms with Gasteiger partial charge >= 0.3 is 0 Å². The summed E-state index contributed by atoms with van der Waals surface area (Å²) in [6.45, 7) is 6.81. The topological polar surface area (TPSA) is 0 Å². The maximum absolute atomic E-state index is 2.48. The predicted octanol–water partition coefficient (Wildman–Crippen LogP) is 8.37. The first-order valence-electron chi connectivity index (χ1n) is 10.6. The lowest BCUT2D eigenvalue weighted by atomic mass is 9.67. The molecule has 0 spiro atoms. The number of hydrogen-bond donors (Lipinski definition) is 0. The zero-order chi connectivity index (χ0) is 18.1. The van der Waals surface area contributed by atoms with Crippen LogP contribution in [0.2, 0.25) is 0 Å². The van der Waals surface area contributed by atoms with Crippen LogP contribution in [0.4, 0.5) is 0 Å². The number of allylic oxidation sites excluding steroid dienone is 1. The van der Waals surface area contributed by atoms with E-state index in [2.05, 4.69) is 63.3 Å². The Morgan fingerprint density at radius 1 is 0.889 bits per heavy atom. The lowest BCUT2D eigenvalue weighted by Crippen LogP contribution is -2.27. The highest BCUT2D eigenvalue weighted by molar-refractivity contribution is 5.87. The normalized spacial score (nSPS) is 18.8. The van der Waals surface area contributed by atoms with Crippen molar-refractivity contribution in [3.8, 4) is 11.1 Å². The molecule has 0 heterocycles. The molecule has 1 atom stereocenters. The molecule has 2 aliphatic rings. The Hall–Kier alpha value is -1.82. The van der Waals surface area contributed by atoms with Crippen molar-refractivity contribution >= 4 is 6.08 Å². The number of benzene rings is 2. The Morgan fingerprint density at radius 3 is 2.44 bits per heavy atom. The van der Waals surface area contributed by atoms with Gasteiger partial charge in [-0.1, -0.05) is 101 Å². The van der Waals surface area contributed by atoms with Crippen LogP contribution in [0.3, 0.4) is 0 Å². The summed E-state index contributed by atoms with van der Waals surface area (Å²) in [5.74, 6) is 0. The summed E-state index contributed by atoms with van der Waals surface area (Å²) in [6, 6.07) is 11.8. The molecule has 2 aromatic rings. The highest BCUT2D eigenvalue weighted by Crippen LogP contribution is 2.57. The second-order valence-corrected chi connectivity index (χ2v) is 8.47. The predicted molar refractivity (Wildman–Crippen MR) is 121 cm³/mol. The van der Waals surface area contributed by atoms with Crippen LogP contribution in [-0.4, -0.2) is 0 Å². The molecule has 0 fully saturated rings. The van der Waals surface area contributed by atoms with Gasteiger partial charge < -0.3 is 0 Å². The van der Waals surface area contributed by atoms with Gasteiger partial charge in [0.2, 0.25) is 0 Å². The second-order valence-electron chi connectivity index (χ2n) is 8.47. The maximum atomic E-state index is 2.48. The first-order chi connectivity index (χ1) is 12.7. The third-order valence-corrected chi connectivity index (χ3v) is 6.63. The molecule has 2 aromatic carbocycles. The van der Waals surface area contributed by atoms with Gasteiger partial charge in [0, 0.05) is 5.41 Å². The quantitative estimate of drug-likeness (QED) is 0.435. The summed E-state index contributed by atoms with van der Waals surface area (Å²) in [5, 5.41) is 0. The lowest BCUT2D eigenvalue weighted by Gasteiger charge is -2.35. The smallest absolute Gasteiger partial charge is 0.0255 e. The van der Waals surface area contributed by atoms with Gasteiger partial charge in [-0.05, 0) is 60.1 Å². The van der Waals surface area contributed by atoms with Gasteiger partial charge in [0.1, 0.15) is 0 Å². The van der Waals surface area contributed by atoms with E-state index in [1.165, 1.54) is 79.2 Å². The molecule has 27 heavy (non-hydrogen) atoms. The van der Waals surface area contributed by atoms with E-state index < -0.39 is 0 Å². The SMILES string of the molecule is C.CCCCCCCCC12CC=Cc3c(C)ccc(c31)-c1ccc(C)cc12. The van der Waals surface area contributed by atoms with E-state index >= 15 is 0 Å². The first kappa shape index (κ1) is 19.9. The van der Waals surface area contributed by atoms with Crippen LogP contribution in [0.25, 0.3) is 17.2 Å². The number of fused-ring (bicyclic) bond motifs is 3. The molecular formula is C27H36. The first-order valence-corrected chi connectivity index (χ1v) is 10.6. The Labute approximate surface area is 166 Å². The van der Waals surface area contributed by atoms with Crippen molar-refractivity contribution in [2.45, 2.75) is 85.0 Å². The molecule has 0 saturated heterocycles. The highest BCUT2D eigenvalue weighted by atomic mass is 14.5. The average molecular weight is 361 g/mol. The van der Waals surface area contributed by atoms with Crippen molar-refractivity contribution in [1.82, 2.24) is 0 Å². The molecule has 0 aromatic heterocycles. The van der Waals surface area contributed by atoms with Crippen LogP contribution in [0.5, 0.6) is 0 Å². The van der Waals surface area contributed by atoms with Crippen molar-refractivity contribution in [2.75, 3.05) is 0 Å². The van der Waals surface area contributed by atoms with E-state index in [0.717, 1.165) is 0 Å². The lowest BCUT2D eigenvalue weighted by molar-refractivity contribution is 0.447. The minimum atomic E-state index is 0. The number of hydrogen-bond acceptors (Lipinski definition) is 0. The van der Waals surface area contributed by atoms with Crippen LogP contribution in [0.15, 0.2) is 36.4 Å². The molecule has 144 valence electrons. The summed E-state index contributed by atoms with van der Waals surface area (Å²) in [6.07, 6.45) is 15.5. The summed E-state index contributed by atoms with van der Waals surface area (Å²) < 4.78 is 0. The van der Waals surface area contributed by atoms with Crippen LogP contribution >= 0.6 is 0 Å². The Morgan fingerprint density at radius 2 is 1.63 bits per heavy atom. The standard InChI is InChI=1S/C26H32.CH4/c1-4-5-6-7-8-9-16-26-17-10-11-21-20(3)13-15-23(25(21)26)22-14-12-19(2)18-24(22)26;/h10-15,18H,4-9,16-17H2,1-3H3;1H4. The van der Waals surface area contributed by atoms with Crippen molar-refractivity contribution in [3.05, 3.63) is 64.2 Å². The van der Waals surface area contributed by atoms with Crippen molar-refractivity contribution in [1.29, 1.82) is 0 Å². The fourth-order valence-electron chi connectivity index (χ4n) is 5.26. The summed E-state index contributed by atoms with van der Waals surface area (Å²) in [5.41, 5.74) is 10.7. The van der Waals surface area contributed by atoms with Gasteiger partial charge in [0.15, 0.2) is 0 Å². The van der Waals surface area contributed by atoms with Crippen LogP contribution in [-0.2, 0) is 5.41 Å². The molecule has 0 nitrogen and oxygen atoms in total. The zero-order valence-electron chi connectivity index (χ0n) is 16.7. The van der Waals surface area contributed by atoms with Crippen molar-refractivity contribution in [3.63, 3.8) is 0 Å². The van der Waals surface area contributed by atoms with Gasteiger partial charge in [-0.2, -0.15) is 0 Å². The molecule has 0 amide bonds. The minimum absolute atomic E-state index is 0. The fraction of sp³-hybridized carbons (Fsp3) is 0.481.